The molecule has 2 rings (SSSR count). The van der Waals surface area contributed by atoms with Crippen LogP contribution in [0.4, 0.5) is 23.3 Å². The third kappa shape index (κ3) is 1.88. The van der Waals surface area contributed by atoms with Crippen LogP contribution in [0.25, 0.3) is 0 Å². The molecule has 0 aromatic carbocycles. The standard InChI is InChI=1S/C9H16N6/c1-2-3-5-4-12-8-6(13-5)7(10)14-9(11)15-8/h5,13H,2-4H2,1H3,(H5,10,11,12,14,15). The van der Waals surface area contributed by atoms with Gasteiger partial charge in [0.15, 0.2) is 11.6 Å². The number of nitrogens with one attached hydrogen (secondary N) is 2. The molecule has 15 heavy (non-hydrogen) atoms. The molecule has 1 atom stereocenters. The minimum atomic E-state index is 0.203. The average Bonchev–Trinajstić information content (AvgIpc) is 2.19. The van der Waals surface area contributed by atoms with E-state index in [4.69, 9.17) is 11.5 Å². The molecule has 1 unspecified atom stereocenters. The van der Waals surface area contributed by atoms with E-state index in [2.05, 4.69) is 27.5 Å². The molecule has 1 aromatic heterocycles. The smallest absolute Gasteiger partial charge is 0.224 e. The van der Waals surface area contributed by atoms with Gasteiger partial charge in [-0.05, 0) is 6.42 Å². The fraction of sp³-hybridized carbons (Fsp3) is 0.556. The van der Waals surface area contributed by atoms with Crippen LogP contribution in [0, 0.1) is 0 Å². The molecule has 6 N–H and O–H groups in total. The van der Waals surface area contributed by atoms with Gasteiger partial charge in [0.1, 0.15) is 5.69 Å². The summed E-state index contributed by atoms with van der Waals surface area (Å²) in [5.74, 6) is 1.31. The maximum absolute atomic E-state index is 5.77. The van der Waals surface area contributed by atoms with Crippen LogP contribution in [0.3, 0.4) is 0 Å². The van der Waals surface area contributed by atoms with Crippen LogP contribution in [0.15, 0.2) is 0 Å². The molecular weight excluding hydrogens is 192 g/mol. The highest BCUT2D eigenvalue weighted by molar-refractivity contribution is 5.78. The molecule has 1 aliphatic heterocycles. The van der Waals surface area contributed by atoms with Crippen LogP contribution in [0.5, 0.6) is 0 Å². The predicted octanol–water partition coefficient (Wildman–Crippen LogP) is 0.647. The lowest BCUT2D eigenvalue weighted by Gasteiger charge is -2.27. The number of hydrogen-bond donors (Lipinski definition) is 4. The van der Waals surface area contributed by atoms with E-state index in [1.54, 1.807) is 0 Å². The SMILES string of the molecule is CCCC1CNc2nc(N)nc(N)c2N1. The Kier molecular flexibility index (Phi) is 2.49. The molecule has 0 spiro atoms. The average molecular weight is 208 g/mol. The Morgan fingerprint density at radius 3 is 2.93 bits per heavy atom. The van der Waals surface area contributed by atoms with Gasteiger partial charge in [0.25, 0.3) is 0 Å². The Bertz CT molecular complexity index is 364. The number of fused-ring (bicyclic) bond motifs is 1. The number of aromatic nitrogens is 2. The Labute approximate surface area is 88.5 Å². The first-order chi connectivity index (χ1) is 7.20. The van der Waals surface area contributed by atoms with Crippen molar-refractivity contribution in [3.8, 4) is 0 Å². The van der Waals surface area contributed by atoms with Gasteiger partial charge in [-0.1, -0.05) is 13.3 Å². The highest BCUT2D eigenvalue weighted by Gasteiger charge is 2.20. The van der Waals surface area contributed by atoms with E-state index in [1.165, 1.54) is 0 Å². The lowest BCUT2D eigenvalue weighted by atomic mass is 10.1. The Hall–Kier alpha value is -1.72. The van der Waals surface area contributed by atoms with E-state index in [9.17, 15) is 0 Å². The Morgan fingerprint density at radius 1 is 1.40 bits per heavy atom. The predicted molar refractivity (Wildman–Crippen MR) is 61.7 cm³/mol. The molecular formula is C9H16N6. The first-order valence-corrected chi connectivity index (χ1v) is 5.14. The number of nitrogens with zero attached hydrogens (tertiary/aromatic N) is 2. The molecule has 0 radical (unpaired) electrons. The summed E-state index contributed by atoms with van der Waals surface area (Å²) in [5, 5.41) is 6.53. The van der Waals surface area contributed by atoms with Crippen LogP contribution in [-0.2, 0) is 0 Å². The summed E-state index contributed by atoms with van der Waals surface area (Å²) in [7, 11) is 0. The molecule has 1 aromatic rings. The molecule has 82 valence electrons. The number of nitrogens with two attached hydrogens (primary N) is 2. The molecule has 6 nitrogen and oxygen atoms in total. The summed E-state index contributed by atoms with van der Waals surface area (Å²) >= 11 is 0. The van der Waals surface area contributed by atoms with Gasteiger partial charge in [-0.25, -0.2) is 0 Å². The van der Waals surface area contributed by atoms with Crippen LogP contribution in [-0.4, -0.2) is 22.6 Å². The van der Waals surface area contributed by atoms with Gasteiger partial charge in [-0.2, -0.15) is 9.97 Å². The zero-order chi connectivity index (χ0) is 10.8. The first-order valence-electron chi connectivity index (χ1n) is 5.14. The van der Waals surface area contributed by atoms with E-state index in [0.29, 0.717) is 17.7 Å². The van der Waals surface area contributed by atoms with Gasteiger partial charge in [-0.15, -0.1) is 0 Å². The maximum atomic E-state index is 5.77. The summed E-state index contributed by atoms with van der Waals surface area (Å²) < 4.78 is 0. The van der Waals surface area contributed by atoms with Crippen molar-refractivity contribution in [2.75, 3.05) is 28.6 Å². The fourth-order valence-electron chi connectivity index (χ4n) is 1.76. The molecule has 0 fully saturated rings. The number of anilines is 4. The minimum absolute atomic E-state index is 0.203. The lowest BCUT2D eigenvalue weighted by Crippen LogP contribution is -2.34. The molecule has 0 bridgehead atoms. The van der Waals surface area contributed by atoms with Crippen molar-refractivity contribution in [2.24, 2.45) is 0 Å². The van der Waals surface area contributed by atoms with E-state index < -0.39 is 0 Å². The number of rotatable bonds is 2. The van der Waals surface area contributed by atoms with Crippen molar-refractivity contribution in [1.29, 1.82) is 0 Å². The summed E-state index contributed by atoms with van der Waals surface area (Å²) in [5.41, 5.74) is 12.0. The largest absolute Gasteiger partial charge is 0.382 e. The zero-order valence-electron chi connectivity index (χ0n) is 8.75. The van der Waals surface area contributed by atoms with Gasteiger partial charge in [-0.3, -0.25) is 0 Å². The maximum Gasteiger partial charge on any atom is 0.224 e. The zero-order valence-corrected chi connectivity index (χ0v) is 8.75. The summed E-state index contributed by atoms with van der Waals surface area (Å²) in [6, 6.07) is 0.386. The monoisotopic (exact) mass is 208 g/mol. The van der Waals surface area contributed by atoms with Gasteiger partial charge in [0, 0.05) is 12.6 Å². The van der Waals surface area contributed by atoms with Gasteiger partial charge < -0.3 is 22.1 Å². The molecule has 6 heteroatoms. The Balaban J connectivity index is 2.25. The van der Waals surface area contributed by atoms with Crippen molar-refractivity contribution < 1.29 is 0 Å². The van der Waals surface area contributed by atoms with Crippen LogP contribution in [0.1, 0.15) is 19.8 Å². The topological polar surface area (TPSA) is 102 Å². The summed E-state index contributed by atoms with van der Waals surface area (Å²) in [6.45, 7) is 3.00. The van der Waals surface area contributed by atoms with Gasteiger partial charge in [0.05, 0.1) is 0 Å². The second-order valence-electron chi connectivity index (χ2n) is 3.70. The van der Waals surface area contributed by atoms with Crippen molar-refractivity contribution in [2.45, 2.75) is 25.8 Å². The molecule has 1 aliphatic rings. The number of nitrogen functional groups attached to an aromatic ring is 2. The van der Waals surface area contributed by atoms with E-state index in [0.717, 1.165) is 25.1 Å². The van der Waals surface area contributed by atoms with Gasteiger partial charge >= 0.3 is 0 Å². The normalized spacial score (nSPS) is 18.9. The van der Waals surface area contributed by atoms with Crippen LogP contribution < -0.4 is 22.1 Å². The minimum Gasteiger partial charge on any atom is -0.382 e. The molecule has 0 amide bonds. The fourth-order valence-corrected chi connectivity index (χ4v) is 1.76. The second-order valence-corrected chi connectivity index (χ2v) is 3.70. The highest BCUT2D eigenvalue weighted by Crippen LogP contribution is 2.30. The van der Waals surface area contributed by atoms with Crippen molar-refractivity contribution in [1.82, 2.24) is 9.97 Å². The second kappa shape index (κ2) is 3.80. The lowest BCUT2D eigenvalue weighted by molar-refractivity contribution is 0.653. The quantitative estimate of drug-likeness (QED) is 0.569. The molecule has 2 heterocycles. The molecule has 0 saturated heterocycles. The summed E-state index contributed by atoms with van der Waals surface area (Å²) in [4.78, 5) is 8.01. The van der Waals surface area contributed by atoms with Gasteiger partial charge in [0.2, 0.25) is 5.95 Å². The third-order valence-corrected chi connectivity index (χ3v) is 2.46. The third-order valence-electron chi connectivity index (χ3n) is 2.46. The van der Waals surface area contributed by atoms with E-state index in [1.807, 2.05) is 0 Å². The van der Waals surface area contributed by atoms with Crippen molar-refractivity contribution >= 4 is 23.3 Å². The highest BCUT2D eigenvalue weighted by atomic mass is 15.2. The summed E-state index contributed by atoms with van der Waals surface area (Å²) in [6.07, 6.45) is 2.22. The van der Waals surface area contributed by atoms with Crippen LogP contribution in [0.2, 0.25) is 0 Å². The Morgan fingerprint density at radius 2 is 2.20 bits per heavy atom. The van der Waals surface area contributed by atoms with Crippen molar-refractivity contribution in [3.63, 3.8) is 0 Å². The van der Waals surface area contributed by atoms with Crippen LogP contribution >= 0.6 is 0 Å². The molecule has 0 aliphatic carbocycles. The molecule has 0 saturated carbocycles. The number of hydrogen-bond acceptors (Lipinski definition) is 6. The van der Waals surface area contributed by atoms with E-state index >= 15 is 0 Å². The van der Waals surface area contributed by atoms with E-state index in [-0.39, 0.29) is 5.95 Å². The van der Waals surface area contributed by atoms with Crippen molar-refractivity contribution in [3.05, 3.63) is 0 Å². The first kappa shape index (κ1) is 9.82.